The minimum atomic E-state index is -4.70. The van der Waals surface area contributed by atoms with Crippen LogP contribution in [0.2, 0.25) is 0 Å². The Hall–Kier alpha value is -1.67. The molecule has 0 radical (unpaired) electrons. The number of aromatic nitrogens is 3. The predicted molar refractivity (Wildman–Crippen MR) is 48.5 cm³/mol. The van der Waals surface area contributed by atoms with E-state index in [1.807, 2.05) is 0 Å². The Morgan fingerprint density at radius 2 is 2.24 bits per heavy atom. The molecule has 1 rings (SSSR count). The van der Waals surface area contributed by atoms with Crippen molar-refractivity contribution in [1.82, 2.24) is 20.1 Å². The van der Waals surface area contributed by atoms with Gasteiger partial charge in [-0.15, -0.1) is 10.2 Å². The van der Waals surface area contributed by atoms with Crippen molar-refractivity contribution < 1.29 is 22.4 Å². The van der Waals surface area contributed by atoms with Crippen molar-refractivity contribution in [3.05, 3.63) is 12.2 Å². The van der Waals surface area contributed by atoms with Crippen LogP contribution in [0.5, 0.6) is 0 Å². The molecule has 0 unspecified atom stereocenters. The zero-order valence-corrected chi connectivity index (χ0v) is 8.83. The summed E-state index contributed by atoms with van der Waals surface area (Å²) in [6.07, 6.45) is -2.70. The molecule has 1 amide bonds. The fourth-order valence-corrected chi connectivity index (χ4v) is 1.06. The molecule has 0 aliphatic carbocycles. The van der Waals surface area contributed by atoms with Crippen molar-refractivity contribution in [3.8, 4) is 0 Å². The lowest BCUT2D eigenvalue weighted by atomic mass is 10.3. The lowest BCUT2D eigenvalue weighted by molar-refractivity contribution is -0.169. The van der Waals surface area contributed by atoms with E-state index in [0.717, 1.165) is 0 Å². The number of nitrogens with one attached hydrogen (secondary N) is 1. The highest BCUT2D eigenvalue weighted by Gasteiger charge is 2.48. The van der Waals surface area contributed by atoms with Gasteiger partial charge in [0.15, 0.2) is 5.82 Å². The fourth-order valence-electron chi connectivity index (χ4n) is 1.06. The van der Waals surface area contributed by atoms with E-state index in [9.17, 15) is 22.4 Å². The maximum atomic E-state index is 12.5. The van der Waals surface area contributed by atoms with Crippen LogP contribution >= 0.6 is 0 Å². The lowest BCUT2D eigenvalue weighted by Crippen LogP contribution is -2.45. The Morgan fingerprint density at radius 3 is 2.76 bits per heavy atom. The van der Waals surface area contributed by atoms with Gasteiger partial charge >= 0.3 is 12.3 Å². The number of halogens is 4. The lowest BCUT2D eigenvalue weighted by Gasteiger charge is -2.14. The molecule has 5 nitrogen and oxygen atoms in total. The van der Waals surface area contributed by atoms with Gasteiger partial charge in [-0.2, -0.15) is 8.78 Å². The van der Waals surface area contributed by atoms with Crippen molar-refractivity contribution >= 4 is 5.91 Å². The van der Waals surface area contributed by atoms with Gasteiger partial charge in [-0.1, -0.05) is 0 Å². The maximum absolute atomic E-state index is 12.5. The van der Waals surface area contributed by atoms with Gasteiger partial charge in [-0.3, -0.25) is 4.79 Å². The highest BCUT2D eigenvalue weighted by atomic mass is 19.3. The summed E-state index contributed by atoms with van der Waals surface area (Å²) in [7, 11) is 0. The molecule has 0 saturated heterocycles. The summed E-state index contributed by atoms with van der Waals surface area (Å²) in [5.41, 5.74) is 0. The van der Waals surface area contributed by atoms with E-state index in [1.165, 1.54) is 10.9 Å². The highest BCUT2D eigenvalue weighted by molar-refractivity contribution is 5.83. The second kappa shape index (κ2) is 5.11. The van der Waals surface area contributed by atoms with Gasteiger partial charge in [-0.05, 0) is 6.92 Å². The van der Waals surface area contributed by atoms with E-state index in [1.54, 1.807) is 12.2 Å². The first-order valence-electron chi connectivity index (χ1n) is 4.70. The van der Waals surface area contributed by atoms with Gasteiger partial charge < -0.3 is 9.88 Å². The molecule has 96 valence electrons. The highest BCUT2D eigenvalue weighted by Crippen LogP contribution is 2.22. The van der Waals surface area contributed by atoms with Gasteiger partial charge in [0.2, 0.25) is 0 Å². The average molecular weight is 254 g/mol. The first-order valence-corrected chi connectivity index (χ1v) is 4.70. The average Bonchev–Trinajstić information content (AvgIpc) is 2.72. The van der Waals surface area contributed by atoms with Crippen LogP contribution in [0.15, 0.2) is 6.33 Å². The minimum absolute atomic E-state index is 0.214. The summed E-state index contributed by atoms with van der Waals surface area (Å²) in [6.45, 7) is 1.85. The third-order valence-corrected chi connectivity index (χ3v) is 2.02. The molecule has 0 saturated carbocycles. The molecule has 0 bridgehead atoms. The largest absolute Gasteiger partial charge is 0.383 e. The Labute approximate surface area is 93.8 Å². The van der Waals surface area contributed by atoms with E-state index >= 15 is 0 Å². The van der Waals surface area contributed by atoms with E-state index in [2.05, 4.69) is 10.2 Å². The Morgan fingerprint density at radius 1 is 1.59 bits per heavy atom. The Balaban J connectivity index is 2.60. The van der Waals surface area contributed by atoms with Crippen LogP contribution in [0.3, 0.4) is 0 Å². The fraction of sp³-hybridized carbons (Fsp3) is 0.625. The van der Waals surface area contributed by atoms with Gasteiger partial charge in [0, 0.05) is 6.54 Å². The quantitative estimate of drug-likeness (QED) is 0.791. The molecule has 0 aliphatic rings. The van der Waals surface area contributed by atoms with Crippen LogP contribution < -0.4 is 5.32 Å². The van der Waals surface area contributed by atoms with Crippen molar-refractivity contribution in [2.75, 3.05) is 0 Å². The number of rotatable bonds is 5. The predicted octanol–water partition coefficient (Wildman–Crippen LogP) is 0.815. The summed E-state index contributed by atoms with van der Waals surface area (Å²) in [5, 5.41) is 8.74. The van der Waals surface area contributed by atoms with Crippen LogP contribution in [0.25, 0.3) is 0 Å². The number of nitrogens with zero attached hydrogens (tertiary/aromatic N) is 3. The normalized spacial score (nSPS) is 11.9. The van der Waals surface area contributed by atoms with Crippen molar-refractivity contribution in [2.24, 2.45) is 0 Å². The van der Waals surface area contributed by atoms with E-state index in [4.69, 9.17) is 0 Å². The molecule has 0 atom stereocenters. The van der Waals surface area contributed by atoms with Crippen LogP contribution in [0.1, 0.15) is 12.7 Å². The summed E-state index contributed by atoms with van der Waals surface area (Å²) >= 11 is 0. The van der Waals surface area contributed by atoms with Gasteiger partial charge in [0.25, 0.3) is 5.91 Å². The number of aryl methyl sites for hydroxylation is 1. The molecule has 1 N–H and O–H groups in total. The Bertz CT molecular complexity index is 393. The van der Waals surface area contributed by atoms with E-state index in [-0.39, 0.29) is 12.4 Å². The first-order chi connectivity index (χ1) is 7.89. The van der Waals surface area contributed by atoms with Crippen molar-refractivity contribution in [3.63, 3.8) is 0 Å². The summed E-state index contributed by atoms with van der Waals surface area (Å²) in [5.74, 6) is -6.51. The SMILES string of the molecule is CCn1cnnc1CNC(=O)C(F)(F)C(F)F. The van der Waals surface area contributed by atoms with Crippen LogP contribution in [-0.4, -0.2) is 33.0 Å². The summed E-state index contributed by atoms with van der Waals surface area (Å²) in [6, 6.07) is 0. The second-order valence-electron chi connectivity index (χ2n) is 3.14. The number of alkyl halides is 4. The number of hydrogen-bond donors (Lipinski definition) is 1. The third-order valence-electron chi connectivity index (χ3n) is 2.02. The zero-order valence-electron chi connectivity index (χ0n) is 8.83. The van der Waals surface area contributed by atoms with Crippen LogP contribution in [-0.2, 0) is 17.9 Å². The topological polar surface area (TPSA) is 59.8 Å². The summed E-state index contributed by atoms with van der Waals surface area (Å²) in [4.78, 5) is 10.8. The second-order valence-corrected chi connectivity index (χ2v) is 3.14. The van der Waals surface area contributed by atoms with Crippen molar-refractivity contribution in [2.45, 2.75) is 32.4 Å². The van der Waals surface area contributed by atoms with Crippen molar-refractivity contribution in [1.29, 1.82) is 0 Å². The smallest absolute Gasteiger partial charge is 0.343 e. The van der Waals surface area contributed by atoms with Gasteiger partial charge in [0.05, 0.1) is 6.54 Å². The number of amides is 1. The maximum Gasteiger partial charge on any atom is 0.383 e. The third kappa shape index (κ3) is 2.92. The summed E-state index contributed by atoms with van der Waals surface area (Å²) < 4.78 is 50.2. The molecule has 0 aliphatic heterocycles. The molecule has 1 aromatic heterocycles. The van der Waals surface area contributed by atoms with E-state index in [0.29, 0.717) is 6.54 Å². The molecule has 1 aromatic rings. The van der Waals surface area contributed by atoms with Gasteiger partial charge in [-0.25, -0.2) is 8.78 Å². The first kappa shape index (κ1) is 13.4. The van der Waals surface area contributed by atoms with Crippen LogP contribution in [0, 0.1) is 0 Å². The molecular weight excluding hydrogens is 244 g/mol. The van der Waals surface area contributed by atoms with Crippen LogP contribution in [0.4, 0.5) is 17.6 Å². The number of carbonyl (C=O) groups excluding carboxylic acids is 1. The van der Waals surface area contributed by atoms with E-state index < -0.39 is 18.3 Å². The monoisotopic (exact) mass is 254 g/mol. The molecule has 9 heteroatoms. The minimum Gasteiger partial charge on any atom is -0.343 e. The number of hydrogen-bond acceptors (Lipinski definition) is 3. The van der Waals surface area contributed by atoms with Gasteiger partial charge in [0.1, 0.15) is 6.33 Å². The standard InChI is InChI=1S/C8H10F4N4O/c1-2-16-4-14-15-5(16)3-13-7(17)8(11,12)6(9)10/h4,6H,2-3H2,1H3,(H,13,17). The molecular formula is C8H10F4N4O. The molecule has 0 fully saturated rings. The molecule has 0 aromatic carbocycles. The molecule has 0 spiro atoms. The number of carbonyl (C=O) groups is 1. The Kier molecular flexibility index (Phi) is 4.02. The zero-order chi connectivity index (χ0) is 13.1. The molecule has 1 heterocycles. The molecule has 17 heavy (non-hydrogen) atoms.